The van der Waals surface area contributed by atoms with E-state index in [0.29, 0.717) is 39.1 Å². The molecule has 1 aromatic carbocycles. The molecule has 8 heteroatoms. The molecule has 0 saturated carbocycles. The van der Waals surface area contributed by atoms with Gasteiger partial charge in [-0.15, -0.1) is 0 Å². The van der Waals surface area contributed by atoms with Gasteiger partial charge in [-0.05, 0) is 48.5 Å². The van der Waals surface area contributed by atoms with Crippen LogP contribution in [0.4, 0.5) is 5.82 Å². The highest BCUT2D eigenvalue weighted by molar-refractivity contribution is 6.29. The van der Waals surface area contributed by atoms with Gasteiger partial charge in [-0.3, -0.25) is 4.57 Å². The number of halogens is 1. The second-order valence-electron chi connectivity index (χ2n) is 5.72. The van der Waals surface area contributed by atoms with Crippen molar-refractivity contribution in [2.24, 2.45) is 0 Å². The lowest BCUT2D eigenvalue weighted by atomic mass is 10.2. The van der Waals surface area contributed by atoms with Crippen LogP contribution < -0.4 is 5.73 Å². The molecule has 0 aliphatic heterocycles. The van der Waals surface area contributed by atoms with Crippen LogP contribution in [0.25, 0.3) is 28.2 Å². The maximum Gasteiger partial charge on any atom is 0.337 e. The zero-order valence-electron chi connectivity index (χ0n) is 16.3. The number of nitrogens with two attached hydrogens (primary N) is 1. The van der Waals surface area contributed by atoms with Crippen molar-refractivity contribution in [3.05, 3.63) is 65.4 Å². The molecule has 0 saturated heterocycles. The Bertz CT molecular complexity index is 1160. The number of ether oxygens (including phenoxy) is 1. The third-order valence-electron chi connectivity index (χ3n) is 4.10. The van der Waals surface area contributed by atoms with Crippen molar-refractivity contribution in [3.63, 3.8) is 0 Å². The van der Waals surface area contributed by atoms with Crippen LogP contribution in [-0.2, 0) is 4.74 Å². The number of carbonyl (C=O) groups is 1. The number of nitrogens with zero attached hydrogens (tertiary/aromatic N) is 4. The monoisotopic (exact) mass is 409 g/mol. The number of aromatic nitrogens is 4. The van der Waals surface area contributed by atoms with Crippen LogP contribution in [0, 0.1) is 0 Å². The Morgan fingerprint density at radius 1 is 1.07 bits per heavy atom. The van der Waals surface area contributed by atoms with Gasteiger partial charge in [0.2, 0.25) is 0 Å². The molecule has 4 aromatic rings. The minimum Gasteiger partial charge on any atom is -0.465 e. The minimum absolute atomic E-state index is 0.348. The van der Waals surface area contributed by atoms with Gasteiger partial charge in [0.05, 0.1) is 18.2 Å². The number of anilines is 1. The molecule has 0 fully saturated rings. The molecule has 4 rings (SSSR count). The second-order valence-corrected chi connectivity index (χ2v) is 6.11. The Morgan fingerprint density at radius 3 is 2.45 bits per heavy atom. The van der Waals surface area contributed by atoms with Crippen molar-refractivity contribution in [2.75, 3.05) is 12.8 Å². The Morgan fingerprint density at radius 2 is 1.79 bits per heavy atom. The summed E-state index contributed by atoms with van der Waals surface area (Å²) in [6, 6.07) is 14.0. The largest absolute Gasteiger partial charge is 0.465 e. The van der Waals surface area contributed by atoms with E-state index in [1.54, 1.807) is 48.7 Å². The topological polar surface area (TPSA) is 95.9 Å². The summed E-state index contributed by atoms with van der Waals surface area (Å²) < 4.78 is 6.58. The predicted octanol–water partition coefficient (Wildman–Crippen LogP) is 4.53. The first kappa shape index (κ1) is 20.3. The molecule has 0 spiro atoms. The summed E-state index contributed by atoms with van der Waals surface area (Å²) in [4.78, 5) is 24.9. The summed E-state index contributed by atoms with van der Waals surface area (Å²) in [5.41, 5.74) is 9.16. The molecular weight excluding hydrogens is 390 g/mol. The lowest BCUT2D eigenvalue weighted by molar-refractivity contribution is 0.0601. The van der Waals surface area contributed by atoms with E-state index in [-0.39, 0.29) is 0 Å². The molecule has 0 bridgehead atoms. The van der Waals surface area contributed by atoms with Crippen LogP contribution in [0.2, 0.25) is 5.15 Å². The van der Waals surface area contributed by atoms with Gasteiger partial charge in [-0.2, -0.15) is 0 Å². The van der Waals surface area contributed by atoms with E-state index in [1.807, 2.05) is 24.5 Å². The van der Waals surface area contributed by atoms with Crippen molar-refractivity contribution in [3.8, 4) is 17.1 Å². The number of rotatable bonds is 3. The van der Waals surface area contributed by atoms with E-state index in [1.165, 1.54) is 7.11 Å². The van der Waals surface area contributed by atoms with Gasteiger partial charge in [0.25, 0.3) is 0 Å². The van der Waals surface area contributed by atoms with Crippen molar-refractivity contribution < 1.29 is 9.53 Å². The lowest BCUT2D eigenvalue weighted by Gasteiger charge is -2.10. The van der Waals surface area contributed by atoms with Gasteiger partial charge >= 0.3 is 5.97 Å². The Kier molecular flexibility index (Phi) is 6.09. The van der Waals surface area contributed by atoms with E-state index in [2.05, 4.69) is 15.0 Å². The van der Waals surface area contributed by atoms with Crippen LogP contribution in [0.15, 0.2) is 54.7 Å². The first-order valence-corrected chi connectivity index (χ1v) is 9.41. The Labute approximate surface area is 173 Å². The molecule has 3 aromatic heterocycles. The number of imidazole rings is 1. The molecule has 2 N–H and O–H groups in total. The number of esters is 1. The van der Waals surface area contributed by atoms with Crippen LogP contribution in [0.1, 0.15) is 24.2 Å². The van der Waals surface area contributed by atoms with E-state index in [9.17, 15) is 4.79 Å². The first-order valence-electron chi connectivity index (χ1n) is 9.03. The molecule has 29 heavy (non-hydrogen) atoms. The van der Waals surface area contributed by atoms with Crippen LogP contribution in [0.5, 0.6) is 0 Å². The third-order valence-corrected chi connectivity index (χ3v) is 4.31. The third kappa shape index (κ3) is 3.90. The fraction of sp³-hybridized carbons (Fsp3) is 0.143. The van der Waals surface area contributed by atoms with Crippen molar-refractivity contribution in [2.45, 2.75) is 13.8 Å². The fourth-order valence-corrected chi connectivity index (χ4v) is 2.97. The standard InChI is InChI=1S/C19H14ClN5O2.C2H6/c1-27-19(26)11-4-6-12(7-5-11)25-17(13-3-2-10-22-16(13)21)23-14-8-9-15(20)24-18(14)25;1-2/h2-10H,1H3,(H2,21,22);1-2H3. The number of benzene rings is 1. The second kappa shape index (κ2) is 8.70. The van der Waals surface area contributed by atoms with Gasteiger partial charge in [0.15, 0.2) is 11.5 Å². The van der Waals surface area contributed by atoms with Gasteiger partial charge < -0.3 is 10.5 Å². The molecule has 3 heterocycles. The number of hydrogen-bond donors (Lipinski definition) is 1. The molecule has 0 aliphatic carbocycles. The van der Waals surface area contributed by atoms with Crippen LogP contribution in [-0.4, -0.2) is 32.6 Å². The van der Waals surface area contributed by atoms with E-state index in [4.69, 9.17) is 22.1 Å². The zero-order valence-corrected chi connectivity index (χ0v) is 17.0. The summed E-state index contributed by atoms with van der Waals surface area (Å²) in [5, 5.41) is 0.348. The molecular formula is C21H20ClN5O2. The number of nitrogen functional groups attached to an aromatic ring is 1. The van der Waals surface area contributed by atoms with Crippen molar-refractivity contribution in [1.82, 2.24) is 19.5 Å². The Hall–Kier alpha value is -3.45. The SMILES string of the molecule is CC.COC(=O)c1ccc(-n2c(-c3cccnc3N)nc3ccc(Cl)nc32)cc1. The number of hydrogen-bond acceptors (Lipinski definition) is 6. The highest BCUT2D eigenvalue weighted by Gasteiger charge is 2.18. The maximum atomic E-state index is 11.7. The quantitative estimate of drug-likeness (QED) is 0.394. The summed E-state index contributed by atoms with van der Waals surface area (Å²) >= 11 is 6.10. The van der Waals surface area contributed by atoms with Crippen molar-refractivity contribution >= 4 is 34.6 Å². The van der Waals surface area contributed by atoms with Crippen molar-refractivity contribution in [1.29, 1.82) is 0 Å². The van der Waals surface area contributed by atoms with E-state index in [0.717, 1.165) is 5.69 Å². The molecule has 7 nitrogen and oxygen atoms in total. The van der Waals surface area contributed by atoms with Gasteiger partial charge in [-0.25, -0.2) is 19.7 Å². The first-order chi connectivity index (χ1) is 14.1. The number of carbonyl (C=O) groups excluding carboxylic acids is 1. The highest BCUT2D eigenvalue weighted by Crippen LogP contribution is 2.30. The predicted molar refractivity (Wildman–Crippen MR) is 114 cm³/mol. The van der Waals surface area contributed by atoms with Crippen LogP contribution >= 0.6 is 11.6 Å². The van der Waals surface area contributed by atoms with E-state index < -0.39 is 5.97 Å². The summed E-state index contributed by atoms with van der Waals surface area (Å²) in [7, 11) is 1.34. The summed E-state index contributed by atoms with van der Waals surface area (Å²) in [6.07, 6.45) is 1.62. The van der Waals surface area contributed by atoms with Crippen LogP contribution in [0.3, 0.4) is 0 Å². The number of pyridine rings is 2. The normalized spacial score (nSPS) is 10.3. The molecule has 0 aliphatic rings. The smallest absolute Gasteiger partial charge is 0.337 e. The Balaban J connectivity index is 0.00000117. The minimum atomic E-state index is -0.407. The van der Waals surface area contributed by atoms with Gasteiger partial charge in [-0.1, -0.05) is 25.4 Å². The molecule has 0 unspecified atom stereocenters. The molecule has 148 valence electrons. The van der Waals surface area contributed by atoms with E-state index >= 15 is 0 Å². The summed E-state index contributed by atoms with van der Waals surface area (Å²) in [5.74, 6) is 0.525. The fourth-order valence-electron chi connectivity index (χ4n) is 2.83. The highest BCUT2D eigenvalue weighted by atomic mass is 35.5. The average Bonchev–Trinajstić information content (AvgIpc) is 3.13. The van der Waals surface area contributed by atoms with Gasteiger partial charge in [0, 0.05) is 11.9 Å². The molecule has 0 radical (unpaired) electrons. The zero-order chi connectivity index (χ0) is 21.0. The number of methoxy groups -OCH3 is 1. The lowest BCUT2D eigenvalue weighted by Crippen LogP contribution is -2.04. The average molecular weight is 410 g/mol. The maximum absolute atomic E-state index is 11.7. The number of fused-ring (bicyclic) bond motifs is 1. The van der Waals surface area contributed by atoms with Gasteiger partial charge in [0.1, 0.15) is 16.5 Å². The molecule has 0 amide bonds. The summed E-state index contributed by atoms with van der Waals surface area (Å²) in [6.45, 7) is 4.00. The molecule has 0 atom stereocenters.